The number of anilines is 1. The Bertz CT molecular complexity index is 1040. The first-order chi connectivity index (χ1) is 14.6. The van der Waals surface area contributed by atoms with Crippen LogP contribution in [0.1, 0.15) is 23.1 Å². The van der Waals surface area contributed by atoms with Gasteiger partial charge >= 0.3 is 0 Å². The Balaban J connectivity index is 1.39. The van der Waals surface area contributed by atoms with Gasteiger partial charge in [0.25, 0.3) is 5.91 Å². The molecule has 0 fully saturated rings. The second kappa shape index (κ2) is 7.61. The van der Waals surface area contributed by atoms with E-state index in [1.165, 1.54) is 16.8 Å². The maximum Gasteiger partial charge on any atom is 0.259 e. The molecule has 2 aromatic carbocycles. The molecule has 3 heterocycles. The minimum absolute atomic E-state index is 0.0970. The smallest absolute Gasteiger partial charge is 0.259 e. The summed E-state index contributed by atoms with van der Waals surface area (Å²) >= 11 is 0. The highest BCUT2D eigenvalue weighted by atomic mass is 16.2. The van der Waals surface area contributed by atoms with Gasteiger partial charge in [0.05, 0.1) is 18.7 Å². The van der Waals surface area contributed by atoms with E-state index in [9.17, 15) is 4.79 Å². The van der Waals surface area contributed by atoms with Gasteiger partial charge < -0.3 is 10.6 Å². The SMILES string of the molecule is Cc1ccc(CN2C(=O)C3=C(CCN(Cc4cccc(N)c4)C3)N3CCN=C23)cc1. The minimum atomic E-state index is 0.0970. The van der Waals surface area contributed by atoms with Gasteiger partial charge in [0.2, 0.25) is 5.96 Å². The van der Waals surface area contributed by atoms with E-state index in [1.807, 2.05) is 23.1 Å². The Morgan fingerprint density at radius 1 is 1.03 bits per heavy atom. The molecule has 2 N–H and O–H groups in total. The van der Waals surface area contributed by atoms with E-state index in [-0.39, 0.29) is 5.91 Å². The number of aliphatic imine (C=N–C) groups is 1. The van der Waals surface area contributed by atoms with Crippen molar-refractivity contribution >= 4 is 17.6 Å². The molecule has 3 aliphatic heterocycles. The van der Waals surface area contributed by atoms with E-state index in [2.05, 4.69) is 52.0 Å². The summed E-state index contributed by atoms with van der Waals surface area (Å²) in [6.45, 7) is 6.64. The van der Waals surface area contributed by atoms with Crippen molar-refractivity contribution in [2.45, 2.75) is 26.4 Å². The van der Waals surface area contributed by atoms with Gasteiger partial charge in [0, 0.05) is 44.0 Å². The molecule has 30 heavy (non-hydrogen) atoms. The lowest BCUT2D eigenvalue weighted by atomic mass is 10.00. The van der Waals surface area contributed by atoms with Crippen LogP contribution in [0.4, 0.5) is 5.69 Å². The first-order valence-electron chi connectivity index (χ1n) is 10.6. The molecule has 0 saturated heterocycles. The first kappa shape index (κ1) is 18.9. The van der Waals surface area contributed by atoms with Crippen LogP contribution in [-0.4, -0.2) is 52.7 Å². The molecule has 0 aliphatic carbocycles. The van der Waals surface area contributed by atoms with Gasteiger partial charge in [0.1, 0.15) is 0 Å². The van der Waals surface area contributed by atoms with Gasteiger partial charge in [0.15, 0.2) is 0 Å². The summed E-state index contributed by atoms with van der Waals surface area (Å²) in [7, 11) is 0. The summed E-state index contributed by atoms with van der Waals surface area (Å²) in [6.07, 6.45) is 0.876. The topological polar surface area (TPSA) is 65.2 Å². The third-order valence-corrected chi connectivity index (χ3v) is 6.10. The molecule has 5 rings (SSSR count). The maximum absolute atomic E-state index is 13.5. The molecular formula is C24H27N5O. The summed E-state index contributed by atoms with van der Waals surface area (Å²) in [5, 5.41) is 0. The van der Waals surface area contributed by atoms with E-state index in [0.29, 0.717) is 13.1 Å². The standard InChI is InChI=1S/C24H27N5O/c1-17-5-7-18(8-6-17)15-29-23(30)21-16-27(14-19-3-2-4-20(25)13-19)11-9-22(21)28-12-10-26-24(28)29/h2-8,13H,9-12,14-16,25H2,1H3. The Morgan fingerprint density at radius 2 is 1.87 bits per heavy atom. The quantitative estimate of drug-likeness (QED) is 0.800. The minimum Gasteiger partial charge on any atom is -0.399 e. The third-order valence-electron chi connectivity index (χ3n) is 6.10. The van der Waals surface area contributed by atoms with Crippen molar-refractivity contribution in [3.63, 3.8) is 0 Å². The number of fused-ring (bicyclic) bond motifs is 2. The van der Waals surface area contributed by atoms with Crippen LogP contribution in [-0.2, 0) is 17.9 Å². The molecule has 0 unspecified atom stereocenters. The van der Waals surface area contributed by atoms with E-state index in [1.54, 1.807) is 0 Å². The molecule has 0 spiro atoms. The molecule has 6 heteroatoms. The maximum atomic E-state index is 13.5. The fourth-order valence-electron chi connectivity index (χ4n) is 4.58. The van der Waals surface area contributed by atoms with Crippen molar-refractivity contribution in [2.24, 2.45) is 4.99 Å². The lowest BCUT2D eigenvalue weighted by Crippen LogP contribution is -2.53. The number of carbonyl (C=O) groups excluding carboxylic acids is 1. The molecule has 0 saturated carbocycles. The van der Waals surface area contributed by atoms with Gasteiger partial charge in [-0.3, -0.25) is 19.6 Å². The molecule has 0 bridgehead atoms. The second-order valence-corrected chi connectivity index (χ2v) is 8.34. The van der Waals surface area contributed by atoms with Gasteiger partial charge in [-0.1, -0.05) is 42.0 Å². The zero-order valence-electron chi connectivity index (χ0n) is 17.3. The lowest BCUT2D eigenvalue weighted by molar-refractivity contribution is -0.125. The van der Waals surface area contributed by atoms with Crippen LogP contribution < -0.4 is 5.73 Å². The summed E-state index contributed by atoms with van der Waals surface area (Å²) in [5.74, 6) is 0.920. The number of aryl methyl sites for hydroxylation is 1. The highest BCUT2D eigenvalue weighted by Gasteiger charge is 2.40. The number of carbonyl (C=O) groups is 1. The van der Waals surface area contributed by atoms with Crippen LogP contribution in [0.3, 0.4) is 0 Å². The summed E-state index contributed by atoms with van der Waals surface area (Å²) < 4.78 is 0. The largest absolute Gasteiger partial charge is 0.399 e. The molecule has 0 radical (unpaired) electrons. The summed E-state index contributed by atoms with van der Waals surface area (Å²) in [6, 6.07) is 16.4. The fraction of sp³-hybridized carbons (Fsp3) is 0.333. The number of hydrogen-bond donors (Lipinski definition) is 1. The normalized spacial score (nSPS) is 19.1. The first-order valence-corrected chi connectivity index (χ1v) is 10.6. The Kier molecular flexibility index (Phi) is 4.79. The highest BCUT2D eigenvalue weighted by Crippen LogP contribution is 2.32. The molecule has 2 aromatic rings. The predicted molar refractivity (Wildman–Crippen MR) is 119 cm³/mol. The van der Waals surface area contributed by atoms with E-state index >= 15 is 0 Å². The Hall–Kier alpha value is -3.12. The van der Waals surface area contributed by atoms with E-state index in [4.69, 9.17) is 5.73 Å². The molecular weight excluding hydrogens is 374 g/mol. The van der Waals surface area contributed by atoms with Crippen molar-refractivity contribution in [1.82, 2.24) is 14.7 Å². The van der Waals surface area contributed by atoms with Gasteiger partial charge in [-0.05, 0) is 30.2 Å². The second-order valence-electron chi connectivity index (χ2n) is 8.34. The Morgan fingerprint density at radius 3 is 2.67 bits per heavy atom. The highest BCUT2D eigenvalue weighted by molar-refractivity contribution is 6.09. The van der Waals surface area contributed by atoms with Crippen molar-refractivity contribution in [2.75, 3.05) is 31.9 Å². The molecule has 154 valence electrons. The third kappa shape index (κ3) is 3.48. The summed E-state index contributed by atoms with van der Waals surface area (Å²) in [4.78, 5) is 24.7. The van der Waals surface area contributed by atoms with E-state index in [0.717, 1.165) is 55.4 Å². The molecule has 0 atom stereocenters. The van der Waals surface area contributed by atoms with Crippen molar-refractivity contribution < 1.29 is 4.79 Å². The number of nitrogen functional groups attached to an aromatic ring is 1. The van der Waals surface area contributed by atoms with Crippen molar-refractivity contribution in [3.8, 4) is 0 Å². The van der Waals surface area contributed by atoms with Gasteiger partial charge in [-0.2, -0.15) is 0 Å². The van der Waals surface area contributed by atoms with Crippen LogP contribution >= 0.6 is 0 Å². The predicted octanol–water partition coefficient (Wildman–Crippen LogP) is 2.75. The van der Waals surface area contributed by atoms with Gasteiger partial charge in [-0.25, -0.2) is 0 Å². The molecule has 3 aliphatic rings. The lowest BCUT2D eigenvalue weighted by Gasteiger charge is -2.42. The zero-order valence-corrected chi connectivity index (χ0v) is 17.3. The number of nitrogens with two attached hydrogens (primary N) is 1. The van der Waals surface area contributed by atoms with Crippen LogP contribution in [0, 0.1) is 6.92 Å². The average molecular weight is 402 g/mol. The Labute approximate surface area is 177 Å². The molecule has 1 amide bonds. The van der Waals surface area contributed by atoms with Crippen molar-refractivity contribution in [1.29, 1.82) is 0 Å². The summed E-state index contributed by atoms with van der Waals surface area (Å²) in [5.41, 5.74) is 12.3. The number of hydrogen-bond acceptors (Lipinski definition) is 5. The van der Waals surface area contributed by atoms with Crippen molar-refractivity contribution in [3.05, 3.63) is 76.5 Å². The fourth-order valence-corrected chi connectivity index (χ4v) is 4.58. The number of rotatable bonds is 4. The number of nitrogens with zero attached hydrogens (tertiary/aromatic N) is 4. The van der Waals surface area contributed by atoms with E-state index < -0.39 is 0 Å². The number of benzene rings is 2. The number of amides is 1. The van der Waals surface area contributed by atoms with Crippen LogP contribution in [0.25, 0.3) is 0 Å². The van der Waals surface area contributed by atoms with Crippen LogP contribution in [0.2, 0.25) is 0 Å². The van der Waals surface area contributed by atoms with Crippen LogP contribution in [0.5, 0.6) is 0 Å². The molecule has 6 nitrogen and oxygen atoms in total. The zero-order chi connectivity index (χ0) is 20.7. The average Bonchev–Trinajstić information content (AvgIpc) is 3.22. The van der Waals surface area contributed by atoms with Crippen LogP contribution in [0.15, 0.2) is 64.8 Å². The molecule has 0 aromatic heterocycles. The van der Waals surface area contributed by atoms with Gasteiger partial charge in [-0.15, -0.1) is 0 Å². The monoisotopic (exact) mass is 401 g/mol. The number of guanidine groups is 1.